The second kappa shape index (κ2) is 8.81. The van der Waals surface area contributed by atoms with Gasteiger partial charge in [0.05, 0.1) is 0 Å². The third kappa shape index (κ3) is 4.42. The Morgan fingerprint density at radius 2 is 1.37 bits per heavy atom. The molecule has 0 unspecified atom stereocenters. The smallest absolute Gasteiger partial charge is 0.328 e. The van der Waals surface area contributed by atoms with Gasteiger partial charge in [-0.2, -0.15) is 0 Å². The largest absolute Gasteiger partial charge is 0.478 e. The zero-order valence-electron chi connectivity index (χ0n) is 15.3. The van der Waals surface area contributed by atoms with Crippen molar-refractivity contribution in [1.29, 1.82) is 0 Å². The maximum absolute atomic E-state index is 11.0. The lowest BCUT2D eigenvalue weighted by molar-refractivity contribution is -0.131. The number of carbonyl (C=O) groups is 1. The predicted molar refractivity (Wildman–Crippen MR) is 112 cm³/mol. The van der Waals surface area contributed by atoms with Crippen LogP contribution < -0.4 is 0 Å². The van der Waals surface area contributed by atoms with Crippen molar-refractivity contribution < 1.29 is 9.90 Å². The van der Waals surface area contributed by atoms with Crippen LogP contribution in [0.4, 0.5) is 0 Å². The van der Waals surface area contributed by atoms with Crippen LogP contribution in [-0.2, 0) is 4.79 Å². The summed E-state index contributed by atoms with van der Waals surface area (Å²) in [5, 5.41) is 9.06. The molecular formula is C25H22O2. The van der Waals surface area contributed by atoms with Gasteiger partial charge in [0.25, 0.3) is 0 Å². The number of allylic oxidation sites excluding steroid dienone is 1. The molecule has 0 aliphatic heterocycles. The summed E-state index contributed by atoms with van der Waals surface area (Å²) in [5.74, 6) is -0.950. The minimum atomic E-state index is -0.950. The fraction of sp³-hybridized carbons (Fsp3) is 0.0800. The van der Waals surface area contributed by atoms with Crippen LogP contribution in [0.5, 0.6) is 0 Å². The molecule has 0 radical (unpaired) electrons. The van der Waals surface area contributed by atoms with E-state index in [1.165, 1.54) is 17.2 Å². The number of carboxylic acids is 1. The third-order valence-electron chi connectivity index (χ3n) is 4.48. The first-order valence-corrected chi connectivity index (χ1v) is 9.05. The van der Waals surface area contributed by atoms with Crippen molar-refractivity contribution in [3.05, 3.63) is 113 Å². The Bertz CT molecular complexity index is 967. The van der Waals surface area contributed by atoms with Gasteiger partial charge in [-0.25, -0.2) is 4.79 Å². The summed E-state index contributed by atoms with van der Waals surface area (Å²) in [4.78, 5) is 11.0. The quantitative estimate of drug-likeness (QED) is 0.425. The summed E-state index contributed by atoms with van der Waals surface area (Å²) in [6.07, 6.45) is 3.72. The Balaban J connectivity index is 2.30. The molecule has 3 aromatic rings. The van der Waals surface area contributed by atoms with Crippen molar-refractivity contribution in [3.8, 4) is 0 Å². The van der Waals surface area contributed by atoms with E-state index in [1.807, 2.05) is 54.6 Å². The molecule has 0 aliphatic carbocycles. The molecule has 0 amide bonds. The molecule has 27 heavy (non-hydrogen) atoms. The van der Waals surface area contributed by atoms with Gasteiger partial charge in [-0.05, 0) is 45.9 Å². The van der Waals surface area contributed by atoms with E-state index in [1.54, 1.807) is 6.08 Å². The van der Waals surface area contributed by atoms with Crippen LogP contribution in [0, 0.1) is 0 Å². The number of carboxylic acid groups (broad SMARTS) is 1. The summed E-state index contributed by atoms with van der Waals surface area (Å²) in [5.41, 5.74) is 6.58. The fourth-order valence-corrected chi connectivity index (χ4v) is 3.29. The number of aliphatic carboxylic acids is 1. The molecule has 0 heterocycles. The van der Waals surface area contributed by atoms with Crippen LogP contribution in [0.25, 0.3) is 17.2 Å². The van der Waals surface area contributed by atoms with Gasteiger partial charge in [0, 0.05) is 6.08 Å². The van der Waals surface area contributed by atoms with Crippen molar-refractivity contribution >= 4 is 23.2 Å². The number of rotatable bonds is 6. The Kier molecular flexibility index (Phi) is 6.01. The molecule has 0 bridgehead atoms. The first-order valence-electron chi connectivity index (χ1n) is 9.05. The summed E-state index contributed by atoms with van der Waals surface area (Å²) in [6.45, 7) is 2.15. The Morgan fingerprint density at radius 3 is 1.96 bits per heavy atom. The maximum atomic E-state index is 11.0. The van der Waals surface area contributed by atoms with Crippen molar-refractivity contribution in [2.24, 2.45) is 0 Å². The molecule has 0 saturated heterocycles. The van der Waals surface area contributed by atoms with Crippen molar-refractivity contribution in [2.75, 3.05) is 0 Å². The average Bonchev–Trinajstić information content (AvgIpc) is 2.72. The minimum absolute atomic E-state index is 0.866. The van der Waals surface area contributed by atoms with E-state index in [2.05, 4.69) is 37.3 Å². The second-order valence-electron chi connectivity index (χ2n) is 6.20. The lowest BCUT2D eigenvalue weighted by Gasteiger charge is -2.18. The van der Waals surface area contributed by atoms with Gasteiger partial charge in [-0.3, -0.25) is 0 Å². The molecule has 0 aromatic heterocycles. The van der Waals surface area contributed by atoms with Crippen LogP contribution in [0.3, 0.4) is 0 Å². The zero-order chi connectivity index (χ0) is 19.1. The van der Waals surface area contributed by atoms with Gasteiger partial charge in [-0.1, -0.05) is 91.9 Å². The van der Waals surface area contributed by atoms with Crippen LogP contribution in [0.1, 0.15) is 35.6 Å². The van der Waals surface area contributed by atoms with Gasteiger partial charge in [-0.15, -0.1) is 0 Å². The summed E-state index contributed by atoms with van der Waals surface area (Å²) in [6, 6.07) is 28.6. The highest BCUT2D eigenvalue weighted by molar-refractivity contribution is 6.01. The van der Waals surface area contributed by atoms with E-state index < -0.39 is 5.97 Å². The van der Waals surface area contributed by atoms with Crippen molar-refractivity contribution in [1.82, 2.24) is 0 Å². The van der Waals surface area contributed by atoms with Gasteiger partial charge >= 0.3 is 5.97 Å². The Hall–Kier alpha value is -3.39. The normalized spacial score (nSPS) is 12.0. The molecule has 2 heteroatoms. The van der Waals surface area contributed by atoms with E-state index in [-0.39, 0.29) is 0 Å². The SMILES string of the molecule is CC/C(=C(\c1ccccc1)c1ccccc1/C=C/C(=O)O)c1ccccc1. The first-order chi connectivity index (χ1) is 13.2. The molecule has 134 valence electrons. The average molecular weight is 354 g/mol. The molecule has 3 aromatic carbocycles. The molecule has 0 spiro atoms. The summed E-state index contributed by atoms with van der Waals surface area (Å²) in [7, 11) is 0. The van der Waals surface area contributed by atoms with Gasteiger partial charge < -0.3 is 5.11 Å². The molecule has 0 saturated carbocycles. The van der Waals surface area contributed by atoms with Crippen LogP contribution in [-0.4, -0.2) is 11.1 Å². The lowest BCUT2D eigenvalue weighted by Crippen LogP contribution is -1.97. The molecule has 0 atom stereocenters. The topological polar surface area (TPSA) is 37.3 Å². The van der Waals surface area contributed by atoms with E-state index >= 15 is 0 Å². The summed E-state index contributed by atoms with van der Waals surface area (Å²) < 4.78 is 0. The molecule has 3 rings (SSSR count). The van der Waals surface area contributed by atoms with Crippen molar-refractivity contribution in [3.63, 3.8) is 0 Å². The number of hydrogen-bond acceptors (Lipinski definition) is 1. The highest BCUT2D eigenvalue weighted by Crippen LogP contribution is 2.36. The van der Waals surface area contributed by atoms with Crippen LogP contribution in [0.15, 0.2) is 91.0 Å². The standard InChI is InChI=1S/C25H22O2/c1-2-22(19-11-5-3-6-12-19)25(21-14-7-4-8-15-21)23-16-10-9-13-20(23)17-18-24(26)27/h3-18H,2H2,1H3,(H,26,27)/b18-17+,25-22-. The number of hydrogen-bond donors (Lipinski definition) is 1. The molecule has 1 N–H and O–H groups in total. The van der Waals surface area contributed by atoms with Gasteiger partial charge in [0.2, 0.25) is 0 Å². The van der Waals surface area contributed by atoms with Crippen LogP contribution >= 0.6 is 0 Å². The van der Waals surface area contributed by atoms with E-state index in [9.17, 15) is 4.79 Å². The Labute approximate surface area is 160 Å². The van der Waals surface area contributed by atoms with Gasteiger partial charge in [0.1, 0.15) is 0 Å². The molecule has 0 fully saturated rings. The molecular weight excluding hydrogens is 332 g/mol. The molecule has 0 aliphatic rings. The fourth-order valence-electron chi connectivity index (χ4n) is 3.29. The number of benzene rings is 3. The highest BCUT2D eigenvalue weighted by atomic mass is 16.4. The predicted octanol–water partition coefficient (Wildman–Crippen LogP) is 6.15. The monoisotopic (exact) mass is 354 g/mol. The van der Waals surface area contributed by atoms with E-state index in [0.717, 1.165) is 28.7 Å². The molecule has 2 nitrogen and oxygen atoms in total. The summed E-state index contributed by atoms with van der Waals surface area (Å²) >= 11 is 0. The minimum Gasteiger partial charge on any atom is -0.478 e. The highest BCUT2D eigenvalue weighted by Gasteiger charge is 2.14. The first kappa shape index (κ1) is 18.4. The van der Waals surface area contributed by atoms with E-state index in [0.29, 0.717) is 0 Å². The Morgan fingerprint density at radius 1 is 0.815 bits per heavy atom. The lowest BCUT2D eigenvalue weighted by atomic mass is 9.86. The zero-order valence-corrected chi connectivity index (χ0v) is 15.3. The second-order valence-corrected chi connectivity index (χ2v) is 6.20. The van der Waals surface area contributed by atoms with Crippen LogP contribution in [0.2, 0.25) is 0 Å². The van der Waals surface area contributed by atoms with Gasteiger partial charge in [0.15, 0.2) is 0 Å². The third-order valence-corrected chi connectivity index (χ3v) is 4.48. The maximum Gasteiger partial charge on any atom is 0.328 e. The van der Waals surface area contributed by atoms with E-state index in [4.69, 9.17) is 5.11 Å². The van der Waals surface area contributed by atoms with Crippen molar-refractivity contribution in [2.45, 2.75) is 13.3 Å².